The lowest BCUT2D eigenvalue weighted by Crippen LogP contribution is -2.28. The zero-order valence-corrected chi connectivity index (χ0v) is 13.8. The topological polar surface area (TPSA) is 71.3 Å². The van der Waals surface area contributed by atoms with Crippen molar-refractivity contribution in [1.82, 2.24) is 19.7 Å². The summed E-state index contributed by atoms with van der Waals surface area (Å²) in [5.41, 5.74) is 6.23. The summed E-state index contributed by atoms with van der Waals surface area (Å²) in [6.45, 7) is 2.45. The molecule has 0 fully saturated rings. The van der Waals surface area contributed by atoms with Crippen molar-refractivity contribution >= 4 is 38.9 Å². The number of rotatable bonds is 3. The monoisotopic (exact) mass is 337 g/mol. The minimum atomic E-state index is -0.241. The number of urea groups is 1. The van der Waals surface area contributed by atoms with Crippen LogP contribution in [0.1, 0.15) is 6.92 Å². The highest BCUT2D eigenvalue weighted by Gasteiger charge is 2.10. The van der Waals surface area contributed by atoms with Crippen molar-refractivity contribution < 1.29 is 4.79 Å². The first-order valence-corrected chi connectivity index (χ1v) is 8.48. The van der Waals surface area contributed by atoms with Gasteiger partial charge in [-0.25, -0.2) is 14.8 Å². The molecule has 0 bridgehead atoms. The highest BCUT2D eigenvalue weighted by molar-refractivity contribution is 7.16. The summed E-state index contributed by atoms with van der Waals surface area (Å²) in [5.74, 6) is 0. The number of benzene rings is 1. The fourth-order valence-electron chi connectivity index (χ4n) is 2.65. The summed E-state index contributed by atoms with van der Waals surface area (Å²) in [6.07, 6.45) is 5.58. The molecule has 0 saturated carbocycles. The van der Waals surface area contributed by atoms with E-state index in [9.17, 15) is 4.79 Å². The van der Waals surface area contributed by atoms with Gasteiger partial charge in [0.1, 0.15) is 0 Å². The lowest BCUT2D eigenvalue weighted by Gasteiger charge is -2.10. The van der Waals surface area contributed by atoms with Crippen LogP contribution in [0.4, 0.5) is 10.5 Å². The molecule has 3 heterocycles. The van der Waals surface area contributed by atoms with E-state index in [1.165, 1.54) is 0 Å². The van der Waals surface area contributed by atoms with E-state index < -0.39 is 0 Å². The minimum absolute atomic E-state index is 0.241. The van der Waals surface area contributed by atoms with Crippen LogP contribution in [0.15, 0.2) is 48.4 Å². The molecule has 0 aliphatic carbocycles. The van der Waals surface area contributed by atoms with Crippen LogP contribution >= 0.6 is 11.3 Å². The molecule has 4 aromatic rings. The Morgan fingerprint density at radius 1 is 1.25 bits per heavy atom. The molecule has 24 heavy (non-hydrogen) atoms. The van der Waals surface area contributed by atoms with E-state index in [-0.39, 0.29) is 6.03 Å². The number of imidazole rings is 1. The lowest BCUT2D eigenvalue weighted by atomic mass is 10.1. The maximum absolute atomic E-state index is 11.9. The quantitative estimate of drug-likeness (QED) is 0.598. The van der Waals surface area contributed by atoms with E-state index in [2.05, 4.69) is 38.8 Å². The Labute approximate surface area is 142 Å². The Hall–Kier alpha value is -2.93. The third-order valence-corrected chi connectivity index (χ3v) is 4.55. The third-order valence-electron chi connectivity index (χ3n) is 3.74. The number of thiazole rings is 1. The number of fused-ring (bicyclic) bond motifs is 2. The molecule has 2 amide bonds. The van der Waals surface area contributed by atoms with Crippen molar-refractivity contribution in [2.24, 2.45) is 0 Å². The van der Waals surface area contributed by atoms with E-state index in [4.69, 9.17) is 0 Å². The Morgan fingerprint density at radius 3 is 3.04 bits per heavy atom. The van der Waals surface area contributed by atoms with Gasteiger partial charge >= 0.3 is 6.03 Å². The number of nitrogens with zero attached hydrogens (tertiary/aromatic N) is 3. The van der Waals surface area contributed by atoms with Gasteiger partial charge in [0.2, 0.25) is 0 Å². The van der Waals surface area contributed by atoms with Gasteiger partial charge in [-0.2, -0.15) is 0 Å². The summed E-state index contributed by atoms with van der Waals surface area (Å²) < 4.78 is 3.06. The minimum Gasteiger partial charge on any atom is -0.338 e. The summed E-state index contributed by atoms with van der Waals surface area (Å²) in [7, 11) is 0. The molecule has 120 valence electrons. The SMILES string of the molecule is CCNC(=O)Nc1cc(-c2ccc3scnc3c2)cn2ccnc12. The molecule has 6 nitrogen and oxygen atoms in total. The van der Waals surface area contributed by atoms with Crippen LogP contribution in [0.5, 0.6) is 0 Å². The van der Waals surface area contributed by atoms with Crippen molar-refractivity contribution in [1.29, 1.82) is 0 Å². The second-order valence-electron chi connectivity index (χ2n) is 5.32. The summed E-state index contributed by atoms with van der Waals surface area (Å²) >= 11 is 1.62. The molecule has 0 atom stereocenters. The van der Waals surface area contributed by atoms with E-state index in [0.717, 1.165) is 21.3 Å². The zero-order valence-electron chi connectivity index (χ0n) is 13.0. The number of aromatic nitrogens is 3. The Morgan fingerprint density at radius 2 is 2.17 bits per heavy atom. The highest BCUT2D eigenvalue weighted by atomic mass is 32.1. The average molecular weight is 337 g/mol. The van der Waals surface area contributed by atoms with Gasteiger partial charge in [0.15, 0.2) is 5.65 Å². The van der Waals surface area contributed by atoms with Crippen molar-refractivity contribution in [3.05, 3.63) is 48.4 Å². The second kappa shape index (κ2) is 5.93. The van der Waals surface area contributed by atoms with Crippen molar-refractivity contribution in [3.63, 3.8) is 0 Å². The number of hydrogen-bond donors (Lipinski definition) is 2. The number of anilines is 1. The number of hydrogen-bond acceptors (Lipinski definition) is 4. The number of nitrogens with one attached hydrogen (secondary N) is 2. The largest absolute Gasteiger partial charge is 0.338 e. The zero-order chi connectivity index (χ0) is 16.5. The molecule has 0 radical (unpaired) electrons. The fourth-order valence-corrected chi connectivity index (χ4v) is 3.31. The Kier molecular flexibility index (Phi) is 3.62. The van der Waals surface area contributed by atoms with E-state index in [0.29, 0.717) is 17.9 Å². The first-order chi connectivity index (χ1) is 11.7. The maximum Gasteiger partial charge on any atom is 0.319 e. The lowest BCUT2D eigenvalue weighted by molar-refractivity contribution is 0.252. The first kappa shape index (κ1) is 14.6. The van der Waals surface area contributed by atoms with Crippen LogP contribution in [-0.4, -0.2) is 26.9 Å². The molecule has 0 aliphatic heterocycles. The van der Waals surface area contributed by atoms with Gasteiger partial charge in [-0.05, 0) is 30.7 Å². The molecule has 0 spiro atoms. The van der Waals surface area contributed by atoms with Gasteiger partial charge in [-0.15, -0.1) is 11.3 Å². The van der Waals surface area contributed by atoms with E-state index in [1.54, 1.807) is 17.5 Å². The average Bonchev–Trinajstić information content (AvgIpc) is 3.23. The van der Waals surface area contributed by atoms with Gasteiger partial charge in [-0.3, -0.25) is 0 Å². The van der Waals surface area contributed by atoms with Gasteiger partial charge < -0.3 is 15.0 Å². The highest BCUT2D eigenvalue weighted by Crippen LogP contribution is 2.29. The standard InChI is InChI=1S/C17H15N5OS/c1-2-18-17(23)21-14-8-12(9-22-6-5-19-16(14)22)11-3-4-15-13(7-11)20-10-24-15/h3-10H,2H2,1H3,(H2,18,21,23). The maximum atomic E-state index is 11.9. The van der Waals surface area contributed by atoms with Crippen molar-refractivity contribution in [2.45, 2.75) is 6.92 Å². The van der Waals surface area contributed by atoms with E-state index in [1.807, 2.05) is 35.3 Å². The first-order valence-electron chi connectivity index (χ1n) is 7.60. The Bertz CT molecular complexity index is 1040. The molecule has 4 rings (SSSR count). The van der Waals surface area contributed by atoms with Crippen molar-refractivity contribution in [3.8, 4) is 11.1 Å². The predicted molar refractivity (Wildman–Crippen MR) is 96.5 cm³/mol. The van der Waals surface area contributed by atoms with Crippen LogP contribution in [-0.2, 0) is 0 Å². The van der Waals surface area contributed by atoms with Gasteiger partial charge in [0, 0.05) is 30.7 Å². The molecule has 1 aromatic carbocycles. The third kappa shape index (κ3) is 2.59. The van der Waals surface area contributed by atoms with Crippen LogP contribution < -0.4 is 10.6 Å². The summed E-state index contributed by atoms with van der Waals surface area (Å²) in [5, 5.41) is 5.60. The number of amides is 2. The van der Waals surface area contributed by atoms with Crippen molar-refractivity contribution in [2.75, 3.05) is 11.9 Å². The molecule has 7 heteroatoms. The smallest absolute Gasteiger partial charge is 0.319 e. The molecule has 0 unspecified atom stereocenters. The Balaban J connectivity index is 1.81. The van der Waals surface area contributed by atoms with Gasteiger partial charge in [0.25, 0.3) is 0 Å². The molecule has 0 saturated heterocycles. The fraction of sp³-hybridized carbons (Fsp3) is 0.118. The number of pyridine rings is 1. The molecule has 3 aromatic heterocycles. The van der Waals surface area contributed by atoms with Gasteiger partial charge in [0.05, 0.1) is 21.4 Å². The normalized spacial score (nSPS) is 11.0. The molecular weight excluding hydrogens is 322 g/mol. The molecule has 2 N–H and O–H groups in total. The van der Waals surface area contributed by atoms with Crippen LogP contribution in [0.3, 0.4) is 0 Å². The number of carbonyl (C=O) groups excluding carboxylic acids is 1. The van der Waals surface area contributed by atoms with E-state index >= 15 is 0 Å². The molecular formula is C17H15N5OS. The van der Waals surface area contributed by atoms with Gasteiger partial charge in [-0.1, -0.05) is 6.07 Å². The number of carbonyl (C=O) groups is 1. The summed E-state index contributed by atoms with van der Waals surface area (Å²) in [6, 6.07) is 7.88. The molecule has 0 aliphatic rings. The van der Waals surface area contributed by atoms with Crippen LogP contribution in [0.2, 0.25) is 0 Å². The van der Waals surface area contributed by atoms with Crippen LogP contribution in [0.25, 0.3) is 27.0 Å². The predicted octanol–water partition coefficient (Wildman–Crippen LogP) is 3.75. The summed E-state index contributed by atoms with van der Waals surface area (Å²) in [4.78, 5) is 20.6. The van der Waals surface area contributed by atoms with Crippen LogP contribution in [0, 0.1) is 0 Å². The second-order valence-corrected chi connectivity index (χ2v) is 6.21.